The molecule has 1 aliphatic rings. The number of alkyl halides is 3. The summed E-state index contributed by atoms with van der Waals surface area (Å²) in [5.74, 6) is -2.65. The Bertz CT molecular complexity index is 907. The fraction of sp³-hybridized carbons (Fsp3) is 0.458. The lowest BCUT2D eigenvalue weighted by molar-refractivity contribution is -0.185. The molecule has 2 aromatic rings. The average Bonchev–Trinajstić information content (AvgIpc) is 2.73. The molecule has 31 heavy (non-hydrogen) atoms. The Labute approximate surface area is 178 Å². The molecule has 0 amide bonds. The van der Waals surface area contributed by atoms with Gasteiger partial charge in [0.15, 0.2) is 0 Å². The second-order valence-corrected chi connectivity index (χ2v) is 8.10. The first-order valence-electron chi connectivity index (χ1n) is 10.4. The Morgan fingerprint density at radius 3 is 2.16 bits per heavy atom. The monoisotopic (exact) mass is 437 g/mol. The molecule has 7 heteroatoms. The van der Waals surface area contributed by atoms with Crippen molar-refractivity contribution in [3.05, 3.63) is 64.7 Å². The highest BCUT2D eigenvalue weighted by atomic mass is 19.3. The number of halogens is 5. The summed E-state index contributed by atoms with van der Waals surface area (Å²) in [5, 5.41) is 8.65. The molecule has 2 aromatic carbocycles. The van der Waals surface area contributed by atoms with Crippen LogP contribution in [0.1, 0.15) is 55.7 Å². The smallest absolute Gasteiger partial charge is 0.426 e. The van der Waals surface area contributed by atoms with Crippen molar-refractivity contribution in [1.82, 2.24) is 0 Å². The number of benzene rings is 2. The minimum absolute atomic E-state index is 0.00609. The van der Waals surface area contributed by atoms with Crippen LogP contribution in [0.5, 0.6) is 5.75 Å². The van der Waals surface area contributed by atoms with Crippen molar-refractivity contribution in [2.75, 3.05) is 0 Å². The molecular weight excluding hydrogens is 413 g/mol. The number of nitrogens with zero attached hydrogens (tertiary/aromatic N) is 1. The predicted octanol–water partition coefficient (Wildman–Crippen LogP) is 7.06. The summed E-state index contributed by atoms with van der Waals surface area (Å²) < 4.78 is 75.3. The van der Waals surface area contributed by atoms with Gasteiger partial charge in [-0.3, -0.25) is 0 Å². The van der Waals surface area contributed by atoms with E-state index in [2.05, 4.69) is 11.7 Å². The van der Waals surface area contributed by atoms with Crippen LogP contribution in [0.25, 0.3) is 0 Å². The summed E-state index contributed by atoms with van der Waals surface area (Å²) in [4.78, 5) is 0. The van der Waals surface area contributed by atoms with E-state index in [0.29, 0.717) is 23.6 Å². The lowest BCUT2D eigenvalue weighted by Crippen LogP contribution is -2.24. The van der Waals surface area contributed by atoms with Crippen LogP contribution in [0.15, 0.2) is 36.4 Å². The second-order valence-electron chi connectivity index (χ2n) is 8.10. The molecule has 1 atom stereocenters. The van der Waals surface area contributed by atoms with Crippen LogP contribution in [0.4, 0.5) is 22.0 Å². The standard InChI is InChI=1S/C24H24F5NO/c1-2-15-3-7-17(8-4-15)21(25)11-16-5-9-18(10-6-16)24(28,29)31-19-12-22(26)20(14-30)23(27)13-19/h5-6,9-10,12-13,15,17,21H,2-4,7-8,11H2,1H3. The van der Waals surface area contributed by atoms with Crippen molar-refractivity contribution in [2.45, 2.75) is 57.7 Å². The van der Waals surface area contributed by atoms with Gasteiger partial charge in [0, 0.05) is 18.6 Å². The molecule has 0 aromatic heterocycles. The van der Waals surface area contributed by atoms with Crippen molar-refractivity contribution in [3.63, 3.8) is 0 Å². The third kappa shape index (κ3) is 5.55. The third-order valence-electron chi connectivity index (χ3n) is 6.07. The van der Waals surface area contributed by atoms with Gasteiger partial charge in [0.2, 0.25) is 0 Å². The van der Waals surface area contributed by atoms with Crippen molar-refractivity contribution in [3.8, 4) is 11.8 Å². The Kier molecular flexibility index (Phi) is 7.19. The van der Waals surface area contributed by atoms with Gasteiger partial charge >= 0.3 is 6.11 Å². The van der Waals surface area contributed by atoms with Crippen LogP contribution in [-0.2, 0) is 12.5 Å². The van der Waals surface area contributed by atoms with Crippen LogP contribution >= 0.6 is 0 Å². The molecular formula is C24H24F5NO. The summed E-state index contributed by atoms with van der Waals surface area (Å²) in [5.41, 5.74) is -0.801. The lowest BCUT2D eigenvalue weighted by Gasteiger charge is -2.30. The molecule has 0 N–H and O–H groups in total. The molecule has 0 heterocycles. The highest BCUT2D eigenvalue weighted by Crippen LogP contribution is 2.36. The quantitative estimate of drug-likeness (QED) is 0.434. The molecule has 1 unspecified atom stereocenters. The van der Waals surface area contributed by atoms with E-state index in [9.17, 15) is 22.0 Å². The highest BCUT2D eigenvalue weighted by molar-refractivity contribution is 5.38. The SMILES string of the molecule is CCC1CCC(C(F)Cc2ccc(C(F)(F)Oc3cc(F)c(C#N)c(F)c3)cc2)CC1. The first-order valence-corrected chi connectivity index (χ1v) is 10.4. The highest BCUT2D eigenvalue weighted by Gasteiger charge is 2.35. The molecule has 166 valence electrons. The van der Waals surface area contributed by atoms with E-state index in [1.165, 1.54) is 18.2 Å². The van der Waals surface area contributed by atoms with Crippen LogP contribution < -0.4 is 4.74 Å². The number of ether oxygens (including phenoxy) is 1. The zero-order valence-electron chi connectivity index (χ0n) is 17.2. The number of rotatable bonds is 7. The molecule has 0 bridgehead atoms. The topological polar surface area (TPSA) is 33.0 Å². The maximum atomic E-state index is 14.7. The van der Waals surface area contributed by atoms with Gasteiger partial charge < -0.3 is 4.74 Å². The fourth-order valence-corrected chi connectivity index (χ4v) is 4.11. The maximum absolute atomic E-state index is 14.7. The van der Waals surface area contributed by atoms with E-state index in [1.54, 1.807) is 0 Å². The van der Waals surface area contributed by atoms with Crippen molar-refractivity contribution >= 4 is 0 Å². The maximum Gasteiger partial charge on any atom is 0.426 e. The van der Waals surface area contributed by atoms with E-state index in [0.717, 1.165) is 44.2 Å². The average molecular weight is 437 g/mol. The Balaban J connectivity index is 1.64. The number of nitriles is 1. The molecule has 1 fully saturated rings. The molecule has 1 saturated carbocycles. The minimum Gasteiger partial charge on any atom is -0.429 e. The van der Waals surface area contributed by atoms with Crippen LogP contribution in [-0.4, -0.2) is 6.17 Å². The van der Waals surface area contributed by atoms with Crippen molar-refractivity contribution in [2.24, 2.45) is 11.8 Å². The van der Waals surface area contributed by atoms with Gasteiger partial charge in [0.25, 0.3) is 0 Å². The normalized spacial score (nSPS) is 20.2. The van der Waals surface area contributed by atoms with Gasteiger partial charge in [-0.2, -0.15) is 14.0 Å². The van der Waals surface area contributed by atoms with Gasteiger partial charge in [0.1, 0.15) is 35.2 Å². The molecule has 3 rings (SSSR count). The second kappa shape index (κ2) is 9.67. The van der Waals surface area contributed by atoms with Crippen molar-refractivity contribution in [1.29, 1.82) is 5.26 Å². The fourth-order valence-electron chi connectivity index (χ4n) is 4.11. The minimum atomic E-state index is -3.86. The third-order valence-corrected chi connectivity index (χ3v) is 6.07. The van der Waals surface area contributed by atoms with Crippen LogP contribution in [0, 0.1) is 34.8 Å². The summed E-state index contributed by atoms with van der Waals surface area (Å²) in [6.07, 6.45) is 0.136. The summed E-state index contributed by atoms with van der Waals surface area (Å²) >= 11 is 0. The molecule has 0 aliphatic heterocycles. The Morgan fingerprint density at radius 2 is 1.65 bits per heavy atom. The summed E-state index contributed by atoms with van der Waals surface area (Å²) in [6.45, 7) is 2.15. The molecule has 1 aliphatic carbocycles. The zero-order valence-corrected chi connectivity index (χ0v) is 17.2. The first kappa shape index (κ1) is 23.1. The summed E-state index contributed by atoms with van der Waals surface area (Å²) in [6, 6.07) is 7.44. The van der Waals surface area contributed by atoms with Gasteiger partial charge in [0.05, 0.1) is 5.56 Å². The molecule has 0 radical (unpaired) electrons. The number of hydrogen-bond acceptors (Lipinski definition) is 2. The van der Waals surface area contributed by atoms with Crippen LogP contribution in [0.2, 0.25) is 0 Å². The van der Waals surface area contributed by atoms with E-state index in [4.69, 9.17) is 5.26 Å². The van der Waals surface area contributed by atoms with Crippen LogP contribution in [0.3, 0.4) is 0 Å². The first-order chi connectivity index (χ1) is 14.7. The molecule has 0 saturated heterocycles. The Hall–Kier alpha value is -2.62. The largest absolute Gasteiger partial charge is 0.429 e. The van der Waals surface area contributed by atoms with E-state index in [1.807, 2.05) is 0 Å². The van der Waals surface area contributed by atoms with E-state index in [-0.39, 0.29) is 12.3 Å². The van der Waals surface area contributed by atoms with E-state index < -0.39 is 40.8 Å². The lowest BCUT2D eigenvalue weighted by atomic mass is 9.78. The van der Waals surface area contributed by atoms with Gasteiger partial charge in [-0.15, -0.1) is 0 Å². The summed E-state index contributed by atoms with van der Waals surface area (Å²) in [7, 11) is 0. The molecule has 0 spiro atoms. The zero-order chi connectivity index (χ0) is 22.6. The Morgan fingerprint density at radius 1 is 1.06 bits per heavy atom. The number of hydrogen-bond donors (Lipinski definition) is 0. The van der Waals surface area contributed by atoms with Crippen molar-refractivity contribution < 1.29 is 26.7 Å². The predicted molar refractivity (Wildman–Crippen MR) is 106 cm³/mol. The van der Waals surface area contributed by atoms with Gasteiger partial charge in [-0.05, 0) is 42.4 Å². The van der Waals surface area contributed by atoms with Gasteiger partial charge in [-0.25, -0.2) is 13.2 Å². The molecule has 2 nitrogen and oxygen atoms in total. The van der Waals surface area contributed by atoms with Gasteiger partial charge in [-0.1, -0.05) is 38.3 Å². The van der Waals surface area contributed by atoms with E-state index >= 15 is 0 Å².